The molecule has 0 saturated heterocycles. The largest absolute Gasteiger partial charge is 0.0843 e. The first kappa shape index (κ1) is 11.4. The summed E-state index contributed by atoms with van der Waals surface area (Å²) in [7, 11) is 0. The first-order chi connectivity index (χ1) is 7.75. The molecule has 0 bridgehead atoms. The van der Waals surface area contributed by atoms with E-state index in [1.807, 2.05) is 42.5 Å². The van der Waals surface area contributed by atoms with Crippen LogP contribution >= 0.6 is 27.5 Å². The highest BCUT2D eigenvalue weighted by Crippen LogP contribution is 2.19. The molecule has 0 aromatic heterocycles. The fourth-order valence-electron chi connectivity index (χ4n) is 1.37. The average molecular weight is 294 g/mol. The zero-order valence-corrected chi connectivity index (χ0v) is 10.9. The second-order valence-electron chi connectivity index (χ2n) is 3.41. The van der Waals surface area contributed by atoms with Crippen LogP contribution in [0.2, 0.25) is 5.02 Å². The molecule has 2 aromatic rings. The molecule has 2 rings (SSSR count). The molecule has 0 aliphatic heterocycles. The van der Waals surface area contributed by atoms with Gasteiger partial charge >= 0.3 is 0 Å². The Kier molecular flexibility index (Phi) is 3.81. The molecule has 0 aliphatic carbocycles. The van der Waals surface area contributed by atoms with Gasteiger partial charge in [-0.2, -0.15) is 0 Å². The highest BCUT2D eigenvalue weighted by molar-refractivity contribution is 9.10. The number of benzene rings is 2. The van der Waals surface area contributed by atoms with E-state index < -0.39 is 0 Å². The van der Waals surface area contributed by atoms with Gasteiger partial charge in [0.05, 0.1) is 0 Å². The average Bonchev–Trinajstić information content (AvgIpc) is 2.30. The van der Waals surface area contributed by atoms with Crippen LogP contribution < -0.4 is 0 Å². The quantitative estimate of drug-likeness (QED) is 0.661. The van der Waals surface area contributed by atoms with Crippen LogP contribution in [0.1, 0.15) is 11.1 Å². The number of halogens is 2. The molecule has 0 heterocycles. The summed E-state index contributed by atoms with van der Waals surface area (Å²) in [6, 6.07) is 15.9. The number of hydrogen-bond acceptors (Lipinski definition) is 0. The van der Waals surface area contributed by atoms with Gasteiger partial charge in [0, 0.05) is 9.50 Å². The summed E-state index contributed by atoms with van der Waals surface area (Å²) in [6.45, 7) is 0. The van der Waals surface area contributed by atoms with Crippen molar-refractivity contribution < 1.29 is 0 Å². The van der Waals surface area contributed by atoms with E-state index >= 15 is 0 Å². The van der Waals surface area contributed by atoms with Gasteiger partial charge in [-0.25, -0.2) is 0 Å². The monoisotopic (exact) mass is 292 g/mol. The lowest BCUT2D eigenvalue weighted by Crippen LogP contribution is -1.74. The molecule has 0 N–H and O–H groups in total. The van der Waals surface area contributed by atoms with Gasteiger partial charge < -0.3 is 0 Å². The van der Waals surface area contributed by atoms with Gasteiger partial charge in [0.25, 0.3) is 0 Å². The molecule has 2 aromatic carbocycles. The van der Waals surface area contributed by atoms with Crippen LogP contribution in [0.3, 0.4) is 0 Å². The molecule has 0 nitrogen and oxygen atoms in total. The Morgan fingerprint density at radius 1 is 0.875 bits per heavy atom. The normalized spacial score (nSPS) is 10.9. The van der Waals surface area contributed by atoms with Crippen LogP contribution in [0.15, 0.2) is 53.0 Å². The van der Waals surface area contributed by atoms with E-state index in [4.69, 9.17) is 11.6 Å². The smallest absolute Gasteiger partial charge is 0.0406 e. The van der Waals surface area contributed by atoms with Crippen LogP contribution in [0, 0.1) is 0 Å². The SMILES string of the molecule is Clc1ccc(/C=C/c2ccccc2Br)cc1. The molecule has 2 heteroatoms. The van der Waals surface area contributed by atoms with Gasteiger partial charge in [0.15, 0.2) is 0 Å². The predicted molar refractivity (Wildman–Crippen MR) is 74.5 cm³/mol. The lowest BCUT2D eigenvalue weighted by molar-refractivity contribution is 1.60. The summed E-state index contributed by atoms with van der Waals surface area (Å²) in [5.74, 6) is 0. The van der Waals surface area contributed by atoms with Crippen molar-refractivity contribution in [3.05, 3.63) is 69.2 Å². The topological polar surface area (TPSA) is 0 Å². The summed E-state index contributed by atoms with van der Waals surface area (Å²) in [5, 5.41) is 0.762. The first-order valence-corrected chi connectivity index (χ1v) is 6.11. The van der Waals surface area contributed by atoms with Crippen molar-refractivity contribution in [2.24, 2.45) is 0 Å². The second kappa shape index (κ2) is 5.33. The maximum atomic E-state index is 5.82. The fourth-order valence-corrected chi connectivity index (χ4v) is 1.91. The van der Waals surface area contributed by atoms with E-state index in [9.17, 15) is 0 Å². The second-order valence-corrected chi connectivity index (χ2v) is 4.70. The standard InChI is InChI=1S/C14H10BrCl/c15-14-4-2-1-3-12(14)8-5-11-6-9-13(16)10-7-11/h1-10H/b8-5+. The Morgan fingerprint density at radius 3 is 2.25 bits per heavy atom. The van der Waals surface area contributed by atoms with E-state index in [1.54, 1.807) is 0 Å². The zero-order valence-electron chi connectivity index (χ0n) is 8.53. The highest BCUT2D eigenvalue weighted by atomic mass is 79.9. The van der Waals surface area contributed by atoms with Crippen molar-refractivity contribution in [2.45, 2.75) is 0 Å². The third-order valence-corrected chi connectivity index (χ3v) is 3.20. The molecule has 16 heavy (non-hydrogen) atoms. The highest BCUT2D eigenvalue weighted by Gasteiger charge is 1.93. The summed E-state index contributed by atoms with van der Waals surface area (Å²) in [4.78, 5) is 0. The Balaban J connectivity index is 2.21. The predicted octanol–water partition coefficient (Wildman–Crippen LogP) is 5.27. The van der Waals surface area contributed by atoms with Gasteiger partial charge in [-0.15, -0.1) is 0 Å². The molecule has 0 aliphatic rings. The summed E-state index contributed by atoms with van der Waals surface area (Å²) in [6.07, 6.45) is 4.14. The summed E-state index contributed by atoms with van der Waals surface area (Å²) >= 11 is 9.33. The molecule has 0 atom stereocenters. The van der Waals surface area contributed by atoms with Crippen LogP contribution in [-0.4, -0.2) is 0 Å². The molecule has 0 unspecified atom stereocenters. The molecule has 0 spiro atoms. The summed E-state index contributed by atoms with van der Waals surface area (Å²) < 4.78 is 1.10. The molecular weight excluding hydrogens is 284 g/mol. The van der Waals surface area contributed by atoms with Crippen molar-refractivity contribution >= 4 is 39.7 Å². The van der Waals surface area contributed by atoms with Gasteiger partial charge in [-0.1, -0.05) is 70.0 Å². The minimum absolute atomic E-state index is 0.762. The van der Waals surface area contributed by atoms with E-state index in [-0.39, 0.29) is 0 Å². The van der Waals surface area contributed by atoms with Gasteiger partial charge in [0.2, 0.25) is 0 Å². The van der Waals surface area contributed by atoms with Crippen molar-refractivity contribution in [3.8, 4) is 0 Å². The fraction of sp³-hybridized carbons (Fsp3) is 0. The minimum Gasteiger partial charge on any atom is -0.0843 e. The number of hydrogen-bond donors (Lipinski definition) is 0. The van der Waals surface area contributed by atoms with Crippen molar-refractivity contribution in [2.75, 3.05) is 0 Å². The van der Waals surface area contributed by atoms with E-state index in [1.165, 1.54) is 0 Å². The maximum absolute atomic E-state index is 5.82. The van der Waals surface area contributed by atoms with Crippen LogP contribution in [0.5, 0.6) is 0 Å². The van der Waals surface area contributed by atoms with E-state index in [0.717, 1.165) is 20.6 Å². The van der Waals surface area contributed by atoms with Crippen LogP contribution in [0.4, 0.5) is 0 Å². The van der Waals surface area contributed by atoms with Gasteiger partial charge in [0.1, 0.15) is 0 Å². The third kappa shape index (κ3) is 2.97. The molecule has 80 valence electrons. The Bertz CT molecular complexity index is 500. The number of rotatable bonds is 2. The Morgan fingerprint density at radius 2 is 1.56 bits per heavy atom. The minimum atomic E-state index is 0.762. The van der Waals surface area contributed by atoms with E-state index in [2.05, 4.69) is 34.1 Å². The van der Waals surface area contributed by atoms with Crippen molar-refractivity contribution in [3.63, 3.8) is 0 Å². The molecule has 0 radical (unpaired) electrons. The Hall–Kier alpha value is -1.05. The molecule has 0 saturated carbocycles. The molecule has 0 fully saturated rings. The summed E-state index contributed by atoms with van der Waals surface area (Å²) in [5.41, 5.74) is 2.30. The first-order valence-electron chi connectivity index (χ1n) is 4.94. The lowest BCUT2D eigenvalue weighted by Gasteiger charge is -1.97. The van der Waals surface area contributed by atoms with Crippen LogP contribution in [0.25, 0.3) is 12.2 Å². The lowest BCUT2D eigenvalue weighted by atomic mass is 10.1. The van der Waals surface area contributed by atoms with Crippen LogP contribution in [-0.2, 0) is 0 Å². The van der Waals surface area contributed by atoms with E-state index in [0.29, 0.717) is 0 Å². The Labute approximate surface area is 109 Å². The van der Waals surface area contributed by atoms with Crippen molar-refractivity contribution in [1.82, 2.24) is 0 Å². The van der Waals surface area contributed by atoms with Gasteiger partial charge in [-0.3, -0.25) is 0 Å². The maximum Gasteiger partial charge on any atom is 0.0406 e. The molecule has 0 amide bonds. The molecular formula is C14H10BrCl. The zero-order chi connectivity index (χ0) is 11.4. The third-order valence-electron chi connectivity index (χ3n) is 2.23. The van der Waals surface area contributed by atoms with Gasteiger partial charge in [-0.05, 0) is 29.3 Å². The van der Waals surface area contributed by atoms with Crippen molar-refractivity contribution in [1.29, 1.82) is 0 Å².